The van der Waals surface area contributed by atoms with E-state index in [0.717, 1.165) is 15.8 Å². The van der Waals surface area contributed by atoms with Crippen LogP contribution in [0.15, 0.2) is 35.7 Å². The van der Waals surface area contributed by atoms with E-state index in [1.54, 1.807) is 17.4 Å². The van der Waals surface area contributed by atoms with Gasteiger partial charge in [0.05, 0.1) is 0 Å². The summed E-state index contributed by atoms with van der Waals surface area (Å²) < 4.78 is 13.7. The molecule has 0 saturated carbocycles. The highest BCUT2D eigenvalue weighted by Gasteiger charge is 2.01. The molecule has 78 valence electrons. The molecular formula is C11H9FINS. The summed E-state index contributed by atoms with van der Waals surface area (Å²) in [5.41, 5.74) is 0.977. The summed E-state index contributed by atoms with van der Waals surface area (Å²) in [5.74, 6) is -0.193. The largest absolute Gasteiger partial charge is 0.379 e. The SMILES string of the molecule is Fc1ccc(NCc2cccs2)c(I)c1. The Morgan fingerprint density at radius 1 is 1.33 bits per heavy atom. The summed E-state index contributed by atoms with van der Waals surface area (Å²) in [5, 5.41) is 5.33. The Morgan fingerprint density at radius 2 is 2.20 bits per heavy atom. The van der Waals surface area contributed by atoms with Gasteiger partial charge in [-0.15, -0.1) is 11.3 Å². The van der Waals surface area contributed by atoms with E-state index >= 15 is 0 Å². The average Bonchev–Trinajstić information content (AvgIpc) is 2.69. The minimum Gasteiger partial charge on any atom is -0.379 e. The summed E-state index contributed by atoms with van der Waals surface area (Å²) in [6, 6.07) is 8.87. The van der Waals surface area contributed by atoms with Crippen molar-refractivity contribution in [1.82, 2.24) is 0 Å². The van der Waals surface area contributed by atoms with Crippen LogP contribution in [0.25, 0.3) is 0 Å². The zero-order valence-electron chi connectivity index (χ0n) is 7.84. The van der Waals surface area contributed by atoms with Crippen molar-refractivity contribution in [2.45, 2.75) is 6.54 Å². The lowest BCUT2D eigenvalue weighted by Gasteiger charge is -2.06. The molecule has 4 heteroatoms. The smallest absolute Gasteiger partial charge is 0.124 e. The molecule has 1 aromatic heterocycles. The minimum atomic E-state index is -0.193. The molecule has 1 heterocycles. The molecule has 0 atom stereocenters. The monoisotopic (exact) mass is 333 g/mol. The highest BCUT2D eigenvalue weighted by molar-refractivity contribution is 14.1. The Bertz CT molecular complexity index is 442. The lowest BCUT2D eigenvalue weighted by molar-refractivity contribution is 0.627. The van der Waals surface area contributed by atoms with Gasteiger partial charge in [-0.05, 0) is 52.2 Å². The number of nitrogens with one attached hydrogen (secondary N) is 1. The Balaban J connectivity index is 2.05. The third-order valence-corrected chi connectivity index (χ3v) is 3.73. The topological polar surface area (TPSA) is 12.0 Å². The summed E-state index contributed by atoms with van der Waals surface area (Å²) in [4.78, 5) is 1.27. The first-order valence-corrected chi connectivity index (χ1v) is 6.43. The highest BCUT2D eigenvalue weighted by Crippen LogP contribution is 2.20. The molecule has 0 aliphatic carbocycles. The van der Waals surface area contributed by atoms with Crippen LogP contribution in [-0.4, -0.2) is 0 Å². The van der Waals surface area contributed by atoms with Gasteiger partial charge >= 0.3 is 0 Å². The van der Waals surface area contributed by atoms with Gasteiger partial charge in [-0.3, -0.25) is 0 Å². The summed E-state index contributed by atoms with van der Waals surface area (Å²) >= 11 is 3.84. The second kappa shape index (κ2) is 4.94. The minimum absolute atomic E-state index is 0.193. The van der Waals surface area contributed by atoms with Gasteiger partial charge < -0.3 is 5.32 Å². The standard InChI is InChI=1S/C11H9FINS/c12-8-3-4-11(10(13)6-8)14-7-9-2-1-5-15-9/h1-6,14H,7H2. The van der Waals surface area contributed by atoms with E-state index in [1.807, 2.05) is 11.4 Å². The third kappa shape index (κ3) is 2.92. The molecular weight excluding hydrogens is 324 g/mol. The first-order chi connectivity index (χ1) is 7.25. The van der Waals surface area contributed by atoms with Crippen LogP contribution in [0.4, 0.5) is 10.1 Å². The van der Waals surface area contributed by atoms with E-state index in [0.29, 0.717) is 0 Å². The van der Waals surface area contributed by atoms with Crippen LogP contribution in [0, 0.1) is 9.39 Å². The van der Waals surface area contributed by atoms with Crippen molar-refractivity contribution >= 4 is 39.6 Å². The van der Waals surface area contributed by atoms with E-state index < -0.39 is 0 Å². The maximum Gasteiger partial charge on any atom is 0.124 e. The number of rotatable bonds is 3. The molecule has 0 aliphatic rings. The van der Waals surface area contributed by atoms with Crippen molar-refractivity contribution in [2.75, 3.05) is 5.32 Å². The first kappa shape index (κ1) is 10.9. The molecule has 1 nitrogen and oxygen atoms in total. The fourth-order valence-corrected chi connectivity index (χ4v) is 2.54. The lowest BCUT2D eigenvalue weighted by Crippen LogP contribution is -1.99. The molecule has 0 saturated heterocycles. The number of anilines is 1. The van der Waals surface area contributed by atoms with Crippen molar-refractivity contribution < 1.29 is 4.39 Å². The molecule has 0 unspecified atom stereocenters. The molecule has 15 heavy (non-hydrogen) atoms. The second-order valence-electron chi connectivity index (χ2n) is 3.06. The van der Waals surface area contributed by atoms with Crippen molar-refractivity contribution in [2.24, 2.45) is 0 Å². The fourth-order valence-electron chi connectivity index (χ4n) is 1.23. The van der Waals surface area contributed by atoms with Crippen LogP contribution in [0.3, 0.4) is 0 Å². The van der Waals surface area contributed by atoms with Crippen molar-refractivity contribution in [1.29, 1.82) is 0 Å². The Labute approximate surface area is 105 Å². The van der Waals surface area contributed by atoms with Crippen molar-refractivity contribution in [3.8, 4) is 0 Å². The van der Waals surface area contributed by atoms with Gasteiger partial charge in [0.25, 0.3) is 0 Å². The summed E-state index contributed by atoms with van der Waals surface area (Å²) in [6.45, 7) is 0.791. The van der Waals surface area contributed by atoms with E-state index in [2.05, 4.69) is 34.0 Å². The third-order valence-electron chi connectivity index (χ3n) is 1.96. The van der Waals surface area contributed by atoms with Gasteiger partial charge in [0.15, 0.2) is 0 Å². The lowest BCUT2D eigenvalue weighted by atomic mass is 10.3. The average molecular weight is 333 g/mol. The quantitative estimate of drug-likeness (QED) is 0.834. The van der Waals surface area contributed by atoms with Crippen molar-refractivity contribution in [3.05, 3.63) is 50.0 Å². The van der Waals surface area contributed by atoms with Gasteiger partial charge in [-0.1, -0.05) is 6.07 Å². The van der Waals surface area contributed by atoms with E-state index in [-0.39, 0.29) is 5.82 Å². The van der Waals surface area contributed by atoms with Gasteiger partial charge in [-0.25, -0.2) is 4.39 Å². The Morgan fingerprint density at radius 3 is 2.87 bits per heavy atom. The molecule has 0 amide bonds. The first-order valence-electron chi connectivity index (χ1n) is 4.47. The van der Waals surface area contributed by atoms with Crippen molar-refractivity contribution in [3.63, 3.8) is 0 Å². The fraction of sp³-hybridized carbons (Fsp3) is 0.0909. The molecule has 1 aromatic carbocycles. The zero-order valence-corrected chi connectivity index (χ0v) is 10.8. The number of hydrogen-bond acceptors (Lipinski definition) is 2. The molecule has 0 aliphatic heterocycles. The number of hydrogen-bond donors (Lipinski definition) is 1. The van der Waals surface area contributed by atoms with Crippen LogP contribution in [0.1, 0.15) is 4.88 Å². The molecule has 0 spiro atoms. The zero-order chi connectivity index (χ0) is 10.7. The maximum absolute atomic E-state index is 12.8. The van der Waals surface area contributed by atoms with Gasteiger partial charge in [0.1, 0.15) is 5.82 Å². The van der Waals surface area contributed by atoms with Gasteiger partial charge in [-0.2, -0.15) is 0 Å². The van der Waals surface area contributed by atoms with E-state index in [4.69, 9.17) is 0 Å². The predicted octanol–water partition coefficient (Wildman–Crippen LogP) is 4.10. The predicted molar refractivity (Wildman–Crippen MR) is 70.8 cm³/mol. The number of thiophene rings is 1. The molecule has 0 radical (unpaired) electrons. The van der Waals surface area contributed by atoms with Crippen LogP contribution >= 0.6 is 33.9 Å². The van der Waals surface area contributed by atoms with Gasteiger partial charge in [0.2, 0.25) is 0 Å². The summed E-state index contributed by atoms with van der Waals surface area (Å²) in [7, 11) is 0. The maximum atomic E-state index is 12.8. The molecule has 0 fully saturated rings. The van der Waals surface area contributed by atoms with Crippen LogP contribution < -0.4 is 5.32 Å². The molecule has 1 N–H and O–H groups in total. The Kier molecular flexibility index (Phi) is 3.58. The van der Waals surface area contributed by atoms with E-state index in [1.165, 1.54) is 17.0 Å². The molecule has 2 rings (SSSR count). The summed E-state index contributed by atoms with van der Waals surface area (Å²) in [6.07, 6.45) is 0. The highest BCUT2D eigenvalue weighted by atomic mass is 127. The number of halogens is 2. The van der Waals surface area contributed by atoms with E-state index in [9.17, 15) is 4.39 Å². The second-order valence-corrected chi connectivity index (χ2v) is 5.25. The molecule has 0 bridgehead atoms. The number of benzene rings is 1. The normalized spacial score (nSPS) is 10.3. The van der Waals surface area contributed by atoms with Crippen LogP contribution in [-0.2, 0) is 6.54 Å². The molecule has 2 aromatic rings. The van der Waals surface area contributed by atoms with Crippen LogP contribution in [0.2, 0.25) is 0 Å². The van der Waals surface area contributed by atoms with Gasteiger partial charge in [0, 0.05) is 20.7 Å². The van der Waals surface area contributed by atoms with Crippen LogP contribution in [0.5, 0.6) is 0 Å². The Hall–Kier alpha value is -0.620.